The molecule has 0 saturated carbocycles. The minimum atomic E-state index is -1.34. The number of alkyl carbamates (subject to hydrolysis) is 1. The predicted molar refractivity (Wildman–Crippen MR) is 130 cm³/mol. The van der Waals surface area contributed by atoms with Gasteiger partial charge in [0.25, 0.3) is 0 Å². The minimum absolute atomic E-state index is 0.0248. The molecule has 8 heteroatoms. The Morgan fingerprint density at radius 2 is 1.71 bits per heavy atom. The molecule has 2 aliphatic rings. The van der Waals surface area contributed by atoms with Gasteiger partial charge in [0, 0.05) is 39.0 Å². The summed E-state index contributed by atoms with van der Waals surface area (Å²) in [5.74, 6) is -1.41. The fourth-order valence-corrected chi connectivity index (χ4v) is 4.92. The fourth-order valence-electron chi connectivity index (χ4n) is 4.92. The smallest absolute Gasteiger partial charge is 0.407 e. The van der Waals surface area contributed by atoms with Crippen molar-refractivity contribution >= 4 is 18.0 Å². The third kappa shape index (κ3) is 4.89. The molecule has 2 aromatic carbocycles. The van der Waals surface area contributed by atoms with Crippen LogP contribution in [0.3, 0.4) is 0 Å². The highest BCUT2D eigenvalue weighted by atomic mass is 16.5. The molecular formula is C27H32N2O6. The second-order valence-electron chi connectivity index (χ2n) is 10.1. The Morgan fingerprint density at radius 3 is 2.26 bits per heavy atom. The van der Waals surface area contributed by atoms with E-state index >= 15 is 0 Å². The Labute approximate surface area is 205 Å². The van der Waals surface area contributed by atoms with Gasteiger partial charge in [-0.3, -0.25) is 4.79 Å². The van der Waals surface area contributed by atoms with Gasteiger partial charge < -0.3 is 24.8 Å². The Hall–Kier alpha value is -3.39. The van der Waals surface area contributed by atoms with E-state index in [1.807, 2.05) is 38.1 Å². The van der Waals surface area contributed by atoms with Crippen LogP contribution in [0.2, 0.25) is 0 Å². The number of carbonyl (C=O) groups excluding carboxylic acids is 2. The van der Waals surface area contributed by atoms with Crippen LogP contribution < -0.4 is 5.32 Å². The van der Waals surface area contributed by atoms with Crippen LogP contribution in [-0.2, 0) is 19.1 Å². The Morgan fingerprint density at radius 1 is 1.11 bits per heavy atom. The number of benzene rings is 2. The summed E-state index contributed by atoms with van der Waals surface area (Å²) in [5, 5.41) is 12.4. The molecule has 1 heterocycles. The van der Waals surface area contributed by atoms with Crippen molar-refractivity contribution in [2.24, 2.45) is 5.41 Å². The minimum Gasteiger partial charge on any atom is -0.479 e. The quantitative estimate of drug-likeness (QED) is 0.598. The maximum absolute atomic E-state index is 12.9. The largest absolute Gasteiger partial charge is 0.479 e. The number of nitrogens with one attached hydrogen (secondary N) is 1. The van der Waals surface area contributed by atoms with Crippen LogP contribution in [0.5, 0.6) is 0 Å². The number of fused-ring (bicyclic) bond motifs is 3. The molecule has 0 radical (unpaired) electrons. The normalized spacial score (nSPS) is 19.1. The van der Waals surface area contributed by atoms with Gasteiger partial charge in [-0.25, -0.2) is 9.59 Å². The van der Waals surface area contributed by atoms with Gasteiger partial charge in [-0.1, -0.05) is 62.4 Å². The summed E-state index contributed by atoms with van der Waals surface area (Å²) in [6.07, 6.45) is -0.225. The zero-order valence-electron chi connectivity index (χ0n) is 20.4. The van der Waals surface area contributed by atoms with Crippen molar-refractivity contribution in [3.05, 3.63) is 59.7 Å². The molecule has 1 aliphatic carbocycles. The van der Waals surface area contributed by atoms with Crippen LogP contribution in [0.25, 0.3) is 11.1 Å². The van der Waals surface area contributed by atoms with Crippen LogP contribution in [-0.4, -0.2) is 66.9 Å². The number of aliphatic carboxylic acids is 1. The third-order valence-electron chi connectivity index (χ3n) is 7.10. The molecule has 186 valence electrons. The van der Waals surface area contributed by atoms with Crippen molar-refractivity contribution in [2.75, 3.05) is 33.4 Å². The van der Waals surface area contributed by atoms with E-state index in [9.17, 15) is 19.5 Å². The number of carboxylic acid groups (broad SMARTS) is 1. The van der Waals surface area contributed by atoms with Crippen LogP contribution in [0, 0.1) is 5.41 Å². The standard InChI is InChI=1S/C27H32N2O6/c1-26(2,14-23(30)29(3)27(24(31)32)12-13-34-17-27)16-28-25(33)35-15-22-20-10-6-4-8-18(20)19-9-5-7-11-21(19)22/h4-11,22H,12-17H2,1-3H3,(H,28,33)(H,31,32). The second kappa shape index (κ2) is 9.70. The Bertz CT molecular complexity index is 1080. The first kappa shape index (κ1) is 24.7. The average molecular weight is 481 g/mol. The first-order valence-corrected chi connectivity index (χ1v) is 11.8. The summed E-state index contributed by atoms with van der Waals surface area (Å²) in [5.41, 5.74) is 2.65. The molecule has 8 nitrogen and oxygen atoms in total. The highest BCUT2D eigenvalue weighted by molar-refractivity contribution is 5.87. The lowest BCUT2D eigenvalue weighted by Crippen LogP contribution is -2.56. The van der Waals surface area contributed by atoms with Crippen LogP contribution in [0.15, 0.2) is 48.5 Å². The van der Waals surface area contributed by atoms with E-state index in [1.165, 1.54) is 11.9 Å². The van der Waals surface area contributed by atoms with Gasteiger partial charge >= 0.3 is 12.1 Å². The van der Waals surface area contributed by atoms with Crippen molar-refractivity contribution in [1.82, 2.24) is 10.2 Å². The number of rotatable bonds is 8. The zero-order valence-corrected chi connectivity index (χ0v) is 20.4. The van der Waals surface area contributed by atoms with E-state index in [4.69, 9.17) is 9.47 Å². The SMILES string of the molecule is CN(C(=O)CC(C)(C)CNC(=O)OCC1c2ccccc2-c2ccccc21)C1(C(=O)O)CCOC1. The molecule has 2 amide bonds. The predicted octanol–water partition coefficient (Wildman–Crippen LogP) is 3.64. The summed E-state index contributed by atoms with van der Waals surface area (Å²) < 4.78 is 10.8. The van der Waals surface area contributed by atoms with Gasteiger partial charge in [0.05, 0.1) is 6.61 Å². The summed E-state index contributed by atoms with van der Waals surface area (Å²) in [7, 11) is 1.50. The van der Waals surface area contributed by atoms with E-state index in [0.29, 0.717) is 6.61 Å². The lowest BCUT2D eigenvalue weighted by Gasteiger charge is -2.35. The first-order chi connectivity index (χ1) is 16.6. The van der Waals surface area contributed by atoms with E-state index in [0.717, 1.165) is 22.3 Å². The topological polar surface area (TPSA) is 105 Å². The average Bonchev–Trinajstić information content (AvgIpc) is 3.45. The van der Waals surface area contributed by atoms with Crippen molar-refractivity contribution in [1.29, 1.82) is 0 Å². The van der Waals surface area contributed by atoms with Crippen molar-refractivity contribution < 1.29 is 29.0 Å². The number of nitrogens with zero attached hydrogens (tertiary/aromatic N) is 1. The molecule has 4 rings (SSSR count). The van der Waals surface area contributed by atoms with Gasteiger partial charge in [-0.05, 0) is 27.7 Å². The monoisotopic (exact) mass is 480 g/mol. The van der Waals surface area contributed by atoms with E-state index < -0.39 is 23.0 Å². The highest BCUT2D eigenvalue weighted by Gasteiger charge is 2.48. The Balaban J connectivity index is 1.32. The molecule has 1 aliphatic heterocycles. The number of carbonyl (C=O) groups is 3. The van der Waals surface area contributed by atoms with Gasteiger partial charge in [0.2, 0.25) is 5.91 Å². The molecule has 0 spiro atoms. The maximum atomic E-state index is 12.9. The molecule has 2 N–H and O–H groups in total. The number of carboxylic acids is 1. The summed E-state index contributed by atoms with van der Waals surface area (Å²) >= 11 is 0. The van der Waals surface area contributed by atoms with Gasteiger partial charge in [-0.2, -0.15) is 0 Å². The van der Waals surface area contributed by atoms with Crippen molar-refractivity contribution in [2.45, 2.75) is 38.1 Å². The molecule has 1 unspecified atom stereocenters. The summed E-state index contributed by atoms with van der Waals surface area (Å²) in [6, 6.07) is 16.3. The van der Waals surface area contributed by atoms with Crippen molar-refractivity contribution in [3.63, 3.8) is 0 Å². The molecule has 1 atom stereocenters. The van der Waals surface area contributed by atoms with Crippen LogP contribution >= 0.6 is 0 Å². The number of hydrogen-bond acceptors (Lipinski definition) is 5. The lowest BCUT2D eigenvalue weighted by molar-refractivity contribution is -0.158. The molecule has 35 heavy (non-hydrogen) atoms. The Kier molecular flexibility index (Phi) is 6.85. The van der Waals surface area contributed by atoms with E-state index in [1.54, 1.807) is 0 Å². The zero-order chi connectivity index (χ0) is 25.2. The van der Waals surface area contributed by atoms with Gasteiger partial charge in [0.15, 0.2) is 5.54 Å². The fraction of sp³-hybridized carbons (Fsp3) is 0.444. The van der Waals surface area contributed by atoms with Crippen molar-refractivity contribution in [3.8, 4) is 11.1 Å². The lowest BCUT2D eigenvalue weighted by atomic mass is 9.87. The van der Waals surface area contributed by atoms with E-state index in [2.05, 4.69) is 29.6 Å². The number of amides is 2. The van der Waals surface area contributed by atoms with Gasteiger partial charge in [0.1, 0.15) is 6.61 Å². The number of ether oxygens (including phenoxy) is 2. The molecular weight excluding hydrogens is 448 g/mol. The molecule has 1 fully saturated rings. The summed E-state index contributed by atoms with van der Waals surface area (Å²) in [4.78, 5) is 38.5. The third-order valence-corrected chi connectivity index (χ3v) is 7.10. The maximum Gasteiger partial charge on any atom is 0.407 e. The van der Waals surface area contributed by atoms with Crippen LogP contribution in [0.4, 0.5) is 4.79 Å². The first-order valence-electron chi connectivity index (χ1n) is 11.8. The number of hydrogen-bond donors (Lipinski definition) is 2. The molecule has 2 aromatic rings. The highest BCUT2D eigenvalue weighted by Crippen LogP contribution is 2.44. The van der Waals surface area contributed by atoms with Crippen LogP contribution in [0.1, 0.15) is 43.7 Å². The summed E-state index contributed by atoms with van der Waals surface area (Å²) in [6.45, 7) is 4.39. The van der Waals surface area contributed by atoms with E-state index in [-0.39, 0.29) is 44.4 Å². The second-order valence-corrected chi connectivity index (χ2v) is 10.1. The molecule has 1 saturated heterocycles. The molecule has 0 bridgehead atoms. The molecule has 0 aromatic heterocycles. The number of likely N-dealkylation sites (N-methyl/N-ethyl adjacent to an activating group) is 1. The van der Waals surface area contributed by atoms with Gasteiger partial charge in [-0.15, -0.1) is 0 Å².